The third kappa shape index (κ3) is 8.24. The molecule has 3 amide bonds. The number of carbonyl (C=O) groups excluding carboxylic acids is 3. The summed E-state index contributed by atoms with van der Waals surface area (Å²) in [4.78, 5) is 35.8. The Bertz CT molecular complexity index is 899. The van der Waals surface area contributed by atoms with Crippen molar-refractivity contribution in [3.05, 3.63) is 59.7 Å². The zero-order valence-corrected chi connectivity index (χ0v) is 18.9. The van der Waals surface area contributed by atoms with E-state index in [0.29, 0.717) is 29.9 Å². The number of amides is 3. The van der Waals surface area contributed by atoms with Crippen molar-refractivity contribution in [1.82, 2.24) is 5.32 Å². The van der Waals surface area contributed by atoms with Gasteiger partial charge in [-0.15, -0.1) is 0 Å². The van der Waals surface area contributed by atoms with Crippen LogP contribution < -0.4 is 16.0 Å². The van der Waals surface area contributed by atoms with Gasteiger partial charge in [-0.1, -0.05) is 51.5 Å². The summed E-state index contributed by atoms with van der Waals surface area (Å²) in [6.45, 7) is 8.51. The van der Waals surface area contributed by atoms with E-state index in [2.05, 4.69) is 36.7 Å². The van der Waals surface area contributed by atoms with Crippen molar-refractivity contribution in [2.24, 2.45) is 0 Å². The van der Waals surface area contributed by atoms with Gasteiger partial charge in [-0.25, -0.2) is 0 Å². The predicted molar refractivity (Wildman–Crippen MR) is 125 cm³/mol. The molecule has 0 bridgehead atoms. The molecule has 0 unspecified atom stereocenters. The van der Waals surface area contributed by atoms with Gasteiger partial charge < -0.3 is 16.0 Å². The van der Waals surface area contributed by atoms with Crippen LogP contribution in [0.25, 0.3) is 0 Å². The monoisotopic (exact) mass is 423 g/mol. The van der Waals surface area contributed by atoms with Crippen LogP contribution in [0.5, 0.6) is 0 Å². The highest BCUT2D eigenvalue weighted by Crippen LogP contribution is 2.24. The number of rotatable bonds is 9. The first-order valence-corrected chi connectivity index (χ1v) is 10.7. The lowest BCUT2D eigenvalue weighted by Crippen LogP contribution is -2.20. The van der Waals surface area contributed by atoms with Crippen molar-refractivity contribution < 1.29 is 14.4 Å². The van der Waals surface area contributed by atoms with Crippen molar-refractivity contribution in [2.75, 3.05) is 17.2 Å². The van der Waals surface area contributed by atoms with Crippen LogP contribution in [-0.2, 0) is 15.0 Å². The average Bonchev–Trinajstić information content (AvgIpc) is 2.71. The predicted octanol–water partition coefficient (Wildman–Crippen LogP) is 4.87. The van der Waals surface area contributed by atoms with Crippen LogP contribution in [0.4, 0.5) is 11.4 Å². The van der Waals surface area contributed by atoms with Crippen molar-refractivity contribution in [3.63, 3.8) is 0 Å². The standard InChI is InChI=1S/C25H33N3O3/c1-18(29)26-17-9-5-6-12-23(30)27-21-10-7-8-11-22(21)28-24(31)19-13-15-20(16-14-19)25(2,3)4/h7-8,10-11,13-16H,5-6,9,12,17H2,1-4H3,(H,26,29)(H,27,30)(H,28,31). The lowest BCUT2D eigenvalue weighted by Gasteiger charge is -2.19. The van der Waals surface area contributed by atoms with Crippen LogP contribution >= 0.6 is 0 Å². The van der Waals surface area contributed by atoms with E-state index < -0.39 is 0 Å². The number of unbranched alkanes of at least 4 members (excludes halogenated alkanes) is 2. The Balaban J connectivity index is 1.90. The summed E-state index contributed by atoms with van der Waals surface area (Å²) in [6, 6.07) is 14.7. The molecule has 0 spiro atoms. The second-order valence-electron chi connectivity index (χ2n) is 8.67. The fraction of sp³-hybridized carbons (Fsp3) is 0.400. The highest BCUT2D eigenvalue weighted by atomic mass is 16.2. The van der Waals surface area contributed by atoms with Gasteiger partial charge in [0.25, 0.3) is 5.91 Å². The molecule has 166 valence electrons. The molecule has 0 saturated heterocycles. The quantitative estimate of drug-likeness (QED) is 0.503. The lowest BCUT2D eigenvalue weighted by molar-refractivity contribution is -0.119. The minimum Gasteiger partial charge on any atom is -0.356 e. The molecule has 0 aromatic heterocycles. The summed E-state index contributed by atoms with van der Waals surface area (Å²) in [7, 11) is 0. The minimum atomic E-state index is -0.222. The average molecular weight is 424 g/mol. The smallest absolute Gasteiger partial charge is 0.255 e. The maximum Gasteiger partial charge on any atom is 0.255 e. The van der Waals surface area contributed by atoms with Gasteiger partial charge in [0.15, 0.2) is 0 Å². The largest absolute Gasteiger partial charge is 0.356 e. The molecule has 0 aliphatic rings. The van der Waals surface area contributed by atoms with Crippen LogP contribution in [0.2, 0.25) is 0 Å². The van der Waals surface area contributed by atoms with E-state index in [1.54, 1.807) is 12.1 Å². The molecule has 0 heterocycles. The Labute approximate surface area is 184 Å². The fourth-order valence-electron chi connectivity index (χ4n) is 3.08. The van der Waals surface area contributed by atoms with Crippen LogP contribution in [0.3, 0.4) is 0 Å². The van der Waals surface area contributed by atoms with Crippen molar-refractivity contribution >= 4 is 29.1 Å². The highest BCUT2D eigenvalue weighted by Gasteiger charge is 2.15. The number of nitrogens with one attached hydrogen (secondary N) is 3. The third-order valence-electron chi connectivity index (χ3n) is 4.92. The summed E-state index contributed by atoms with van der Waals surface area (Å²) >= 11 is 0. The topological polar surface area (TPSA) is 87.3 Å². The summed E-state index contributed by atoms with van der Waals surface area (Å²) in [6.07, 6.45) is 2.82. The number of hydrogen-bond acceptors (Lipinski definition) is 3. The van der Waals surface area contributed by atoms with Crippen LogP contribution in [0.1, 0.15) is 69.3 Å². The molecule has 0 aliphatic carbocycles. The SMILES string of the molecule is CC(=O)NCCCCCC(=O)Nc1ccccc1NC(=O)c1ccc(C(C)(C)C)cc1. The first-order chi connectivity index (χ1) is 14.7. The van der Waals surface area contributed by atoms with E-state index >= 15 is 0 Å². The van der Waals surface area contributed by atoms with Gasteiger partial charge in [0, 0.05) is 25.5 Å². The summed E-state index contributed by atoms with van der Waals surface area (Å²) in [5, 5.41) is 8.52. The van der Waals surface area contributed by atoms with E-state index in [1.807, 2.05) is 36.4 Å². The van der Waals surface area contributed by atoms with Gasteiger partial charge in [-0.05, 0) is 48.1 Å². The molecule has 6 heteroatoms. The van der Waals surface area contributed by atoms with E-state index in [1.165, 1.54) is 6.92 Å². The van der Waals surface area contributed by atoms with Gasteiger partial charge in [-0.2, -0.15) is 0 Å². The second kappa shape index (κ2) is 11.3. The first kappa shape index (κ1) is 24.1. The van der Waals surface area contributed by atoms with E-state index in [0.717, 1.165) is 24.8 Å². The number of anilines is 2. The summed E-state index contributed by atoms with van der Waals surface area (Å²) in [5.74, 6) is -0.363. The van der Waals surface area contributed by atoms with Crippen LogP contribution in [0.15, 0.2) is 48.5 Å². The molecule has 0 radical (unpaired) electrons. The summed E-state index contributed by atoms with van der Waals surface area (Å²) < 4.78 is 0. The zero-order chi connectivity index (χ0) is 22.9. The molecular formula is C25H33N3O3. The molecule has 0 saturated carbocycles. The zero-order valence-electron chi connectivity index (χ0n) is 18.9. The van der Waals surface area contributed by atoms with Gasteiger partial charge in [0.05, 0.1) is 11.4 Å². The van der Waals surface area contributed by atoms with E-state index in [4.69, 9.17) is 0 Å². The molecule has 6 nitrogen and oxygen atoms in total. The maximum absolute atomic E-state index is 12.7. The molecule has 2 rings (SSSR count). The Kier molecular flexibility index (Phi) is 8.79. The van der Waals surface area contributed by atoms with Crippen molar-refractivity contribution in [2.45, 2.75) is 58.8 Å². The normalized spacial score (nSPS) is 11.0. The number of hydrogen-bond donors (Lipinski definition) is 3. The van der Waals surface area contributed by atoms with E-state index in [9.17, 15) is 14.4 Å². The van der Waals surface area contributed by atoms with Crippen LogP contribution in [-0.4, -0.2) is 24.3 Å². The molecule has 0 aliphatic heterocycles. The molecule has 0 fully saturated rings. The Morgan fingerprint density at radius 3 is 2.00 bits per heavy atom. The number of carbonyl (C=O) groups is 3. The second-order valence-corrected chi connectivity index (χ2v) is 8.67. The molecule has 0 atom stereocenters. The van der Waals surface area contributed by atoms with Gasteiger partial charge in [0.2, 0.25) is 11.8 Å². The van der Waals surface area contributed by atoms with Gasteiger partial charge in [0.1, 0.15) is 0 Å². The molecular weight excluding hydrogens is 390 g/mol. The molecule has 2 aromatic rings. The fourth-order valence-corrected chi connectivity index (χ4v) is 3.08. The van der Waals surface area contributed by atoms with Crippen molar-refractivity contribution in [3.8, 4) is 0 Å². The van der Waals surface area contributed by atoms with E-state index in [-0.39, 0.29) is 23.1 Å². The van der Waals surface area contributed by atoms with Crippen LogP contribution in [0, 0.1) is 0 Å². The Hall–Kier alpha value is -3.15. The molecule has 2 aromatic carbocycles. The minimum absolute atomic E-state index is 0.0236. The summed E-state index contributed by atoms with van der Waals surface area (Å²) in [5.41, 5.74) is 2.88. The number of benzene rings is 2. The lowest BCUT2D eigenvalue weighted by atomic mass is 9.87. The Morgan fingerprint density at radius 2 is 1.42 bits per heavy atom. The molecule has 31 heavy (non-hydrogen) atoms. The van der Waals surface area contributed by atoms with Gasteiger partial charge >= 0.3 is 0 Å². The Morgan fingerprint density at radius 1 is 0.806 bits per heavy atom. The maximum atomic E-state index is 12.7. The van der Waals surface area contributed by atoms with Gasteiger partial charge in [-0.3, -0.25) is 14.4 Å². The van der Waals surface area contributed by atoms with Crippen molar-refractivity contribution in [1.29, 1.82) is 0 Å². The third-order valence-corrected chi connectivity index (χ3v) is 4.92. The first-order valence-electron chi connectivity index (χ1n) is 10.7. The number of para-hydroxylation sites is 2. The highest BCUT2D eigenvalue weighted by molar-refractivity contribution is 6.07. The molecule has 3 N–H and O–H groups in total.